The van der Waals surface area contributed by atoms with Crippen LogP contribution in [0.2, 0.25) is 0 Å². The zero-order valence-electron chi connectivity index (χ0n) is 38.5. The Morgan fingerprint density at radius 1 is 0.438 bits per heavy atom. The van der Waals surface area contributed by atoms with Crippen molar-refractivity contribution in [2.24, 2.45) is 22.9 Å². The van der Waals surface area contributed by atoms with E-state index in [2.05, 4.69) is 54.8 Å². The molecule has 0 rings (SSSR count). The number of carbonyl (C=O) groups excluding carboxylic acids is 9. The number of likely N-dealkylation sites (N-methyl/N-ethyl adjacent to an activating group) is 1. The minimum atomic E-state index is -1.32. The predicted molar refractivity (Wildman–Crippen MR) is 240 cm³/mol. The third kappa shape index (κ3) is 24.2. The van der Waals surface area contributed by atoms with Crippen molar-refractivity contribution >= 4 is 53.2 Å². The topological polar surface area (TPSA) is 386 Å². The largest absolute Gasteiger partial charge is 0.391 e. The Labute approximate surface area is 377 Å². The number of amides is 9. The monoisotopic (exact) mass is 914 g/mol. The molecule has 18 N–H and O–H groups in total. The Morgan fingerprint density at radius 3 is 1.34 bits per heavy atom. The normalized spacial score (nSPS) is 14.7. The molecule has 23 nitrogen and oxygen atoms in total. The summed E-state index contributed by atoms with van der Waals surface area (Å²) in [5.41, 5.74) is 22.8. The average molecular weight is 914 g/mol. The first-order valence-corrected chi connectivity index (χ1v) is 22.6. The molecule has 0 aliphatic carbocycles. The molecule has 368 valence electrons. The van der Waals surface area contributed by atoms with Crippen LogP contribution < -0.4 is 70.8 Å². The Bertz CT molecular complexity index is 1470. The summed E-state index contributed by atoms with van der Waals surface area (Å²) < 4.78 is 0. The molecule has 0 aromatic heterocycles. The SMILES string of the molecule is CCCCCCCC[C@@H](NC(=O)C(CCN)NC(=O)CNC(=O)C(CCN)NC(=O)CCC)C(=O)NC(C)C(=O)NC(CCN)C(=O)NC(CCN)C(=O)NC(C(=O)NCC)C(C)O. The number of aliphatic hydroxyl groups excluding tert-OH is 1. The second-order valence-electron chi connectivity index (χ2n) is 15.6. The van der Waals surface area contributed by atoms with E-state index in [1.165, 1.54) is 13.8 Å². The van der Waals surface area contributed by atoms with Crippen LogP contribution in [0.4, 0.5) is 0 Å². The van der Waals surface area contributed by atoms with Crippen molar-refractivity contribution < 1.29 is 48.3 Å². The molecule has 0 saturated heterocycles. The van der Waals surface area contributed by atoms with E-state index in [0.717, 1.165) is 32.1 Å². The minimum absolute atomic E-state index is 0.0215. The van der Waals surface area contributed by atoms with E-state index in [-0.39, 0.29) is 77.2 Å². The summed E-state index contributed by atoms with van der Waals surface area (Å²) in [5, 5.41) is 32.9. The second kappa shape index (κ2) is 34.4. The Hall–Kier alpha value is -4.97. The van der Waals surface area contributed by atoms with Crippen molar-refractivity contribution in [1.82, 2.24) is 47.9 Å². The number of nitrogens with two attached hydrogens (primary N) is 4. The number of nitrogens with one attached hydrogen (secondary N) is 9. The van der Waals surface area contributed by atoms with Gasteiger partial charge in [0.15, 0.2) is 0 Å². The van der Waals surface area contributed by atoms with E-state index in [9.17, 15) is 48.3 Å². The molecule has 9 amide bonds. The lowest BCUT2D eigenvalue weighted by Gasteiger charge is -2.27. The molecular formula is C41H79N13O10. The summed E-state index contributed by atoms with van der Waals surface area (Å²) >= 11 is 0. The van der Waals surface area contributed by atoms with Crippen LogP contribution in [0.25, 0.3) is 0 Å². The zero-order chi connectivity index (χ0) is 48.6. The maximum absolute atomic E-state index is 13.7. The molecule has 0 aliphatic rings. The van der Waals surface area contributed by atoms with Crippen LogP contribution in [0.15, 0.2) is 0 Å². The van der Waals surface area contributed by atoms with Crippen LogP contribution >= 0.6 is 0 Å². The van der Waals surface area contributed by atoms with Crippen molar-refractivity contribution in [2.75, 3.05) is 39.3 Å². The number of carbonyl (C=O) groups is 9. The lowest BCUT2D eigenvalue weighted by molar-refractivity contribution is -0.136. The van der Waals surface area contributed by atoms with Crippen molar-refractivity contribution in [3.05, 3.63) is 0 Å². The minimum Gasteiger partial charge on any atom is -0.391 e. The van der Waals surface area contributed by atoms with Crippen molar-refractivity contribution in [1.29, 1.82) is 0 Å². The van der Waals surface area contributed by atoms with Gasteiger partial charge in [-0.15, -0.1) is 0 Å². The van der Waals surface area contributed by atoms with Crippen LogP contribution in [0.3, 0.4) is 0 Å². The van der Waals surface area contributed by atoms with Crippen LogP contribution in [0.1, 0.15) is 118 Å². The smallest absolute Gasteiger partial charge is 0.245 e. The maximum atomic E-state index is 13.7. The highest BCUT2D eigenvalue weighted by Crippen LogP contribution is 2.10. The Morgan fingerprint density at radius 2 is 0.859 bits per heavy atom. The molecule has 7 unspecified atom stereocenters. The summed E-state index contributed by atoms with van der Waals surface area (Å²) in [4.78, 5) is 118. The number of rotatable bonds is 35. The first-order chi connectivity index (χ1) is 30.4. The van der Waals surface area contributed by atoms with Gasteiger partial charge in [0.05, 0.1) is 12.6 Å². The lowest BCUT2D eigenvalue weighted by Crippen LogP contribution is -2.60. The molecule has 8 atom stereocenters. The summed E-state index contributed by atoms with van der Waals surface area (Å²) in [6.45, 7) is 7.95. The highest BCUT2D eigenvalue weighted by Gasteiger charge is 2.33. The fraction of sp³-hybridized carbons (Fsp3) is 0.780. The van der Waals surface area contributed by atoms with Crippen LogP contribution in [0, 0.1) is 0 Å². The highest BCUT2D eigenvalue weighted by molar-refractivity contribution is 5.97. The summed E-state index contributed by atoms with van der Waals surface area (Å²) in [6, 6.07) is -8.40. The van der Waals surface area contributed by atoms with Gasteiger partial charge in [0.2, 0.25) is 53.2 Å². The third-order valence-electron chi connectivity index (χ3n) is 9.94. The van der Waals surface area contributed by atoms with Gasteiger partial charge in [-0.3, -0.25) is 43.2 Å². The van der Waals surface area contributed by atoms with Gasteiger partial charge in [0.1, 0.15) is 42.3 Å². The van der Waals surface area contributed by atoms with E-state index in [1.54, 1.807) is 6.92 Å². The zero-order valence-corrected chi connectivity index (χ0v) is 38.5. The molecule has 0 aromatic rings. The Kier molecular flexibility index (Phi) is 31.8. The standard InChI is InChI=1S/C41H79N13O10/c1-6-9-10-11-12-13-15-27(52-38(61)29(17-21-43)50-33(57)24-47-36(59)28(16-20-42)49-32(56)14-7-2)37(60)48-25(4)35(58)51-30(18-22-44)39(62)53-31(19-23-45)40(63)54-34(26(5)55)41(64)46-8-3/h25-31,34,55H,6-24,42-45H2,1-5H3,(H,46,64)(H,47,59)(H,48,60)(H,49,56)(H,50,57)(H,51,58)(H,52,61)(H,53,62)(H,54,63)/t25?,26?,27-,28?,29?,30?,31?,34?/m1/s1. The maximum Gasteiger partial charge on any atom is 0.245 e. The number of unbranched alkanes of at least 4 members (excludes halogenated alkanes) is 5. The predicted octanol–water partition coefficient (Wildman–Crippen LogP) is -4.02. The average Bonchev–Trinajstić information content (AvgIpc) is 3.24. The van der Waals surface area contributed by atoms with Crippen LogP contribution in [-0.2, 0) is 43.2 Å². The summed E-state index contributed by atoms with van der Waals surface area (Å²) in [7, 11) is 0. The van der Waals surface area contributed by atoms with E-state index >= 15 is 0 Å². The van der Waals surface area contributed by atoms with E-state index in [0.29, 0.717) is 12.8 Å². The molecule has 0 fully saturated rings. The van der Waals surface area contributed by atoms with Gasteiger partial charge >= 0.3 is 0 Å². The molecular weight excluding hydrogens is 835 g/mol. The van der Waals surface area contributed by atoms with Crippen molar-refractivity contribution in [2.45, 2.75) is 166 Å². The summed E-state index contributed by atoms with van der Waals surface area (Å²) in [6.07, 6.45) is 4.95. The van der Waals surface area contributed by atoms with E-state index < -0.39 is 102 Å². The van der Waals surface area contributed by atoms with Gasteiger partial charge in [0, 0.05) is 13.0 Å². The number of hydrogen-bond donors (Lipinski definition) is 14. The molecule has 0 bridgehead atoms. The molecule has 64 heavy (non-hydrogen) atoms. The first kappa shape index (κ1) is 59.0. The molecule has 23 heteroatoms. The molecule has 0 radical (unpaired) electrons. The fourth-order valence-electron chi connectivity index (χ4n) is 6.33. The Balaban J connectivity index is 5.96. The van der Waals surface area contributed by atoms with Crippen LogP contribution in [-0.4, -0.2) is 146 Å². The van der Waals surface area contributed by atoms with Gasteiger partial charge in [-0.25, -0.2) is 0 Å². The van der Waals surface area contributed by atoms with Gasteiger partial charge in [-0.2, -0.15) is 0 Å². The highest BCUT2D eigenvalue weighted by atomic mass is 16.3. The number of aliphatic hydroxyl groups is 1. The van der Waals surface area contributed by atoms with Gasteiger partial charge in [-0.05, 0) is 85.5 Å². The first-order valence-electron chi connectivity index (χ1n) is 22.6. The molecule has 0 aromatic carbocycles. The third-order valence-corrected chi connectivity index (χ3v) is 9.94. The van der Waals surface area contributed by atoms with Crippen LogP contribution in [0.5, 0.6) is 0 Å². The lowest BCUT2D eigenvalue weighted by atomic mass is 10.0. The van der Waals surface area contributed by atoms with E-state index in [1.807, 2.05) is 6.92 Å². The van der Waals surface area contributed by atoms with Gasteiger partial charge in [0.25, 0.3) is 0 Å². The molecule has 0 aliphatic heterocycles. The molecule has 0 saturated carbocycles. The summed E-state index contributed by atoms with van der Waals surface area (Å²) in [5.74, 6) is -6.17. The van der Waals surface area contributed by atoms with Crippen molar-refractivity contribution in [3.63, 3.8) is 0 Å². The molecule has 0 heterocycles. The van der Waals surface area contributed by atoms with Gasteiger partial charge < -0.3 is 75.9 Å². The number of hydrogen-bond acceptors (Lipinski definition) is 14. The second-order valence-corrected chi connectivity index (χ2v) is 15.6. The quantitative estimate of drug-likeness (QED) is 0.0270. The van der Waals surface area contributed by atoms with Crippen molar-refractivity contribution in [3.8, 4) is 0 Å². The van der Waals surface area contributed by atoms with Gasteiger partial charge in [-0.1, -0.05) is 52.4 Å². The van der Waals surface area contributed by atoms with E-state index in [4.69, 9.17) is 22.9 Å². The fourth-order valence-corrected chi connectivity index (χ4v) is 6.33. The molecule has 0 spiro atoms.